The first-order valence-electron chi connectivity index (χ1n) is 8.42. The third kappa shape index (κ3) is 5.63. The van der Waals surface area contributed by atoms with Crippen molar-refractivity contribution in [1.29, 1.82) is 0 Å². The highest BCUT2D eigenvalue weighted by atomic mass is 32.2. The number of aryl methyl sites for hydroxylation is 1. The summed E-state index contributed by atoms with van der Waals surface area (Å²) in [4.78, 5) is 17.3. The fourth-order valence-corrected chi connectivity index (χ4v) is 3.53. The van der Waals surface area contributed by atoms with Gasteiger partial charge in [0.05, 0.1) is 19.0 Å². The van der Waals surface area contributed by atoms with Crippen molar-refractivity contribution in [2.45, 2.75) is 44.0 Å². The highest BCUT2D eigenvalue weighted by molar-refractivity contribution is 7.85. The molecule has 1 aromatic rings. The van der Waals surface area contributed by atoms with E-state index in [1.165, 1.54) is 6.26 Å². The van der Waals surface area contributed by atoms with E-state index in [0.29, 0.717) is 25.7 Å². The molecule has 0 spiro atoms. The summed E-state index contributed by atoms with van der Waals surface area (Å²) < 4.78 is 29.0. The van der Waals surface area contributed by atoms with Crippen LogP contribution in [0.4, 0.5) is 4.39 Å². The van der Waals surface area contributed by atoms with Gasteiger partial charge >= 0.3 is 5.97 Å². The third-order valence-corrected chi connectivity index (χ3v) is 5.23. The van der Waals surface area contributed by atoms with Crippen LogP contribution < -0.4 is 0 Å². The van der Waals surface area contributed by atoms with E-state index in [0.717, 1.165) is 16.8 Å². The highest BCUT2D eigenvalue weighted by Crippen LogP contribution is 2.22. The van der Waals surface area contributed by atoms with Crippen LogP contribution in [-0.2, 0) is 31.6 Å². The molecule has 0 aromatic heterocycles. The SMILES string of the molecule is CCOC(=O)C(CC1CC(c2ccc(CCCF)cc2)=NO1)S(C)=O. The third-order valence-electron chi connectivity index (χ3n) is 4.05. The fraction of sp³-hybridized carbons (Fsp3) is 0.556. The molecule has 0 aliphatic carbocycles. The molecular weight excluding hydrogens is 345 g/mol. The molecule has 0 radical (unpaired) electrons. The molecule has 1 aromatic carbocycles. The smallest absolute Gasteiger partial charge is 0.321 e. The zero-order valence-electron chi connectivity index (χ0n) is 14.6. The van der Waals surface area contributed by atoms with E-state index in [4.69, 9.17) is 9.57 Å². The summed E-state index contributed by atoms with van der Waals surface area (Å²) in [5.41, 5.74) is 2.82. The molecule has 1 heterocycles. The number of oxime groups is 1. The summed E-state index contributed by atoms with van der Waals surface area (Å²) in [7, 11) is -1.33. The number of carbonyl (C=O) groups excluding carboxylic acids is 1. The summed E-state index contributed by atoms with van der Waals surface area (Å²) in [6.45, 7) is 1.66. The number of nitrogens with zero attached hydrogens (tertiary/aromatic N) is 1. The first kappa shape index (κ1) is 19.6. The van der Waals surface area contributed by atoms with Gasteiger partial charge in [-0.05, 0) is 30.9 Å². The molecule has 138 valence electrons. The Kier molecular flexibility index (Phi) is 7.55. The summed E-state index contributed by atoms with van der Waals surface area (Å²) in [6, 6.07) is 7.81. The molecule has 0 N–H and O–H groups in total. The van der Waals surface area contributed by atoms with Crippen LogP contribution in [0.2, 0.25) is 0 Å². The molecule has 2 rings (SSSR count). The van der Waals surface area contributed by atoms with E-state index in [-0.39, 0.29) is 19.4 Å². The molecule has 0 amide bonds. The largest absolute Gasteiger partial charge is 0.465 e. The number of halogens is 1. The Morgan fingerprint density at radius 2 is 2.16 bits per heavy atom. The van der Waals surface area contributed by atoms with Crippen LogP contribution in [0, 0.1) is 0 Å². The van der Waals surface area contributed by atoms with Gasteiger partial charge in [-0.1, -0.05) is 29.4 Å². The first-order chi connectivity index (χ1) is 12.0. The van der Waals surface area contributed by atoms with Crippen molar-refractivity contribution in [1.82, 2.24) is 0 Å². The quantitative estimate of drug-likeness (QED) is 0.628. The Labute approximate surface area is 150 Å². The van der Waals surface area contributed by atoms with Crippen LogP contribution >= 0.6 is 0 Å². The normalized spacial score (nSPS) is 19.0. The molecule has 0 saturated heterocycles. The zero-order chi connectivity index (χ0) is 18.2. The van der Waals surface area contributed by atoms with E-state index in [1.54, 1.807) is 6.92 Å². The summed E-state index contributed by atoms with van der Waals surface area (Å²) in [6.07, 6.45) is 3.30. The lowest BCUT2D eigenvalue weighted by Crippen LogP contribution is -2.31. The van der Waals surface area contributed by atoms with Crippen molar-refractivity contribution in [2.75, 3.05) is 19.5 Å². The van der Waals surface area contributed by atoms with Crippen LogP contribution in [0.15, 0.2) is 29.4 Å². The lowest BCUT2D eigenvalue weighted by molar-refractivity contribution is -0.143. The minimum atomic E-state index is -1.33. The number of esters is 1. The number of benzene rings is 1. The second kappa shape index (κ2) is 9.65. The van der Waals surface area contributed by atoms with Crippen molar-refractivity contribution in [3.05, 3.63) is 35.4 Å². The van der Waals surface area contributed by atoms with Crippen LogP contribution in [0.25, 0.3) is 0 Å². The second-order valence-electron chi connectivity index (χ2n) is 5.93. The molecule has 7 heteroatoms. The Bertz CT molecular complexity index is 632. The summed E-state index contributed by atoms with van der Waals surface area (Å²) >= 11 is 0. The molecule has 1 aliphatic rings. The maximum absolute atomic E-state index is 12.2. The Morgan fingerprint density at radius 3 is 2.76 bits per heavy atom. The van der Waals surface area contributed by atoms with Gasteiger partial charge in [0, 0.05) is 29.9 Å². The molecule has 0 bridgehead atoms. The Balaban J connectivity index is 1.93. The minimum Gasteiger partial charge on any atom is -0.465 e. The van der Waals surface area contributed by atoms with Gasteiger partial charge in [-0.2, -0.15) is 0 Å². The molecule has 0 fully saturated rings. The second-order valence-corrected chi connectivity index (χ2v) is 7.50. The van der Waals surface area contributed by atoms with Gasteiger partial charge < -0.3 is 9.57 Å². The van der Waals surface area contributed by atoms with Crippen LogP contribution in [0.1, 0.15) is 37.3 Å². The van der Waals surface area contributed by atoms with Crippen LogP contribution in [0.3, 0.4) is 0 Å². The topological polar surface area (TPSA) is 65.0 Å². The van der Waals surface area contributed by atoms with Gasteiger partial charge in [0.25, 0.3) is 0 Å². The van der Waals surface area contributed by atoms with Crippen molar-refractivity contribution in [3.63, 3.8) is 0 Å². The number of carbonyl (C=O) groups is 1. The lowest BCUT2D eigenvalue weighted by atomic mass is 10.0. The van der Waals surface area contributed by atoms with Crippen LogP contribution in [-0.4, -0.2) is 46.8 Å². The van der Waals surface area contributed by atoms with E-state index >= 15 is 0 Å². The number of hydrogen-bond acceptors (Lipinski definition) is 5. The fourth-order valence-electron chi connectivity index (χ4n) is 2.70. The average Bonchev–Trinajstić information content (AvgIpc) is 3.07. The maximum Gasteiger partial charge on any atom is 0.321 e. The van der Waals surface area contributed by atoms with Gasteiger partial charge in [0.1, 0.15) is 11.4 Å². The monoisotopic (exact) mass is 369 g/mol. The van der Waals surface area contributed by atoms with Gasteiger partial charge in [-0.3, -0.25) is 13.4 Å². The summed E-state index contributed by atoms with van der Waals surface area (Å²) in [5, 5.41) is 3.40. The zero-order valence-corrected chi connectivity index (χ0v) is 15.4. The highest BCUT2D eigenvalue weighted by Gasteiger charge is 2.32. The Morgan fingerprint density at radius 1 is 1.44 bits per heavy atom. The number of rotatable bonds is 9. The molecule has 3 unspecified atom stereocenters. The number of alkyl halides is 1. The molecule has 25 heavy (non-hydrogen) atoms. The number of hydrogen-bond donors (Lipinski definition) is 0. The van der Waals surface area contributed by atoms with Crippen molar-refractivity contribution in [3.8, 4) is 0 Å². The Hall–Kier alpha value is -1.76. The van der Waals surface area contributed by atoms with E-state index in [9.17, 15) is 13.4 Å². The van der Waals surface area contributed by atoms with Crippen LogP contribution in [0.5, 0.6) is 0 Å². The van der Waals surface area contributed by atoms with Gasteiger partial charge in [-0.15, -0.1) is 0 Å². The van der Waals surface area contributed by atoms with Gasteiger partial charge in [0.15, 0.2) is 0 Å². The predicted octanol–water partition coefficient (Wildman–Crippen LogP) is 2.78. The molecule has 3 atom stereocenters. The van der Waals surface area contributed by atoms with Crippen molar-refractivity contribution < 1.29 is 23.0 Å². The van der Waals surface area contributed by atoms with E-state index in [1.807, 2.05) is 24.3 Å². The predicted molar refractivity (Wildman–Crippen MR) is 95.9 cm³/mol. The van der Waals surface area contributed by atoms with Crippen molar-refractivity contribution in [2.24, 2.45) is 5.16 Å². The van der Waals surface area contributed by atoms with E-state index in [2.05, 4.69) is 5.16 Å². The molecule has 5 nitrogen and oxygen atoms in total. The summed E-state index contributed by atoms with van der Waals surface area (Å²) in [5.74, 6) is -0.461. The molecule has 1 aliphatic heterocycles. The minimum absolute atomic E-state index is 0.258. The molecule has 0 saturated carbocycles. The van der Waals surface area contributed by atoms with E-state index < -0.39 is 22.0 Å². The standard InChI is InChI=1S/C18H24FNO4S/c1-3-23-18(21)17(25(2)22)12-15-11-16(20-24-15)14-8-6-13(7-9-14)5-4-10-19/h6-9,15,17H,3-5,10-12H2,1-2H3. The van der Waals surface area contributed by atoms with Gasteiger partial charge in [0.2, 0.25) is 0 Å². The average molecular weight is 369 g/mol. The first-order valence-corrected chi connectivity index (χ1v) is 10.0. The molecular formula is C18H24FNO4S. The maximum atomic E-state index is 12.2. The van der Waals surface area contributed by atoms with Gasteiger partial charge in [-0.25, -0.2) is 0 Å². The lowest BCUT2D eigenvalue weighted by Gasteiger charge is -2.15. The number of ether oxygens (including phenoxy) is 1. The van der Waals surface area contributed by atoms with Crippen molar-refractivity contribution >= 4 is 22.5 Å².